The van der Waals surface area contributed by atoms with E-state index in [1.807, 2.05) is 22.9 Å². The molecule has 1 N–H and O–H groups in total. The Morgan fingerprint density at radius 3 is 2.46 bits per heavy atom. The van der Waals surface area contributed by atoms with Gasteiger partial charge in [-0.2, -0.15) is 5.26 Å². The number of nitriles is 1. The molecule has 0 atom stereocenters. The average Bonchev–Trinajstić information content (AvgIpc) is 3.08. The first-order valence-corrected chi connectivity index (χ1v) is 8.33. The van der Waals surface area contributed by atoms with Crippen LogP contribution >= 0.6 is 23.2 Å². The largest absolute Gasteiger partial charge is 0.478 e. The molecule has 0 radical (unpaired) electrons. The van der Waals surface area contributed by atoms with E-state index in [0.717, 1.165) is 11.4 Å². The number of carboxylic acid groups (broad SMARTS) is 1. The summed E-state index contributed by atoms with van der Waals surface area (Å²) >= 11 is 12.1. The Balaban J connectivity index is 2.03. The predicted octanol–water partition coefficient (Wildman–Crippen LogP) is 5.55. The molecule has 3 rings (SSSR count). The fraction of sp³-hybridized carbons (Fsp3) is 0. The van der Waals surface area contributed by atoms with E-state index in [1.165, 1.54) is 12.1 Å². The summed E-state index contributed by atoms with van der Waals surface area (Å²) in [6, 6.07) is 17.3. The molecular weight excluding hydrogens is 371 g/mol. The monoisotopic (exact) mass is 382 g/mol. The van der Waals surface area contributed by atoms with E-state index in [4.69, 9.17) is 28.3 Å². The Morgan fingerprint density at radius 2 is 1.85 bits per heavy atom. The molecule has 0 bridgehead atoms. The summed E-state index contributed by atoms with van der Waals surface area (Å²) in [5.41, 5.74) is 2.74. The smallest absolute Gasteiger partial charge is 0.335 e. The normalized spacial score (nSPS) is 11.2. The number of allylic oxidation sites excluding steroid dienone is 1. The minimum Gasteiger partial charge on any atom is -0.478 e. The minimum atomic E-state index is -0.978. The van der Waals surface area contributed by atoms with Crippen molar-refractivity contribution in [3.05, 3.63) is 87.7 Å². The molecule has 0 unspecified atom stereocenters. The third-order valence-electron chi connectivity index (χ3n) is 3.81. The van der Waals surface area contributed by atoms with Gasteiger partial charge in [-0.25, -0.2) is 4.79 Å². The number of carboxylic acids is 1. The molecule has 6 heteroatoms. The van der Waals surface area contributed by atoms with Crippen molar-refractivity contribution in [3.63, 3.8) is 0 Å². The predicted molar refractivity (Wildman–Crippen MR) is 103 cm³/mol. The van der Waals surface area contributed by atoms with E-state index < -0.39 is 5.97 Å². The molecule has 1 aromatic heterocycles. The zero-order valence-electron chi connectivity index (χ0n) is 13.4. The second-order valence-electron chi connectivity index (χ2n) is 5.45. The number of rotatable bonds is 4. The summed E-state index contributed by atoms with van der Waals surface area (Å²) in [4.78, 5) is 11.0. The number of carbonyl (C=O) groups is 1. The van der Waals surface area contributed by atoms with Gasteiger partial charge in [-0.05, 0) is 54.6 Å². The Morgan fingerprint density at radius 1 is 1.12 bits per heavy atom. The lowest BCUT2D eigenvalue weighted by molar-refractivity contribution is 0.0697. The molecule has 128 valence electrons. The van der Waals surface area contributed by atoms with Gasteiger partial charge in [-0.15, -0.1) is 0 Å². The van der Waals surface area contributed by atoms with Crippen LogP contribution in [0.3, 0.4) is 0 Å². The lowest BCUT2D eigenvalue weighted by Crippen LogP contribution is -1.99. The SMILES string of the molecule is N#C/C(=C/c1cccn1-c1ccc(C(=O)O)cc1)c1ccc(Cl)cc1Cl. The van der Waals surface area contributed by atoms with Crippen LogP contribution in [0.1, 0.15) is 21.6 Å². The maximum absolute atomic E-state index is 11.0. The molecule has 3 aromatic rings. The van der Waals surface area contributed by atoms with Gasteiger partial charge in [0.2, 0.25) is 0 Å². The first kappa shape index (κ1) is 17.8. The Bertz CT molecular complexity index is 1040. The summed E-state index contributed by atoms with van der Waals surface area (Å²) in [7, 11) is 0. The lowest BCUT2D eigenvalue weighted by atomic mass is 10.1. The van der Waals surface area contributed by atoms with Gasteiger partial charge in [0.1, 0.15) is 0 Å². The van der Waals surface area contributed by atoms with Crippen molar-refractivity contribution in [2.24, 2.45) is 0 Å². The number of nitrogens with zero attached hydrogens (tertiary/aromatic N) is 2. The number of halogens is 2. The number of aromatic nitrogens is 1. The first-order chi connectivity index (χ1) is 12.5. The summed E-state index contributed by atoms with van der Waals surface area (Å²) in [6.07, 6.45) is 3.56. The summed E-state index contributed by atoms with van der Waals surface area (Å²) in [5.74, 6) is -0.978. The highest BCUT2D eigenvalue weighted by molar-refractivity contribution is 6.36. The Kier molecular flexibility index (Phi) is 5.13. The van der Waals surface area contributed by atoms with E-state index >= 15 is 0 Å². The molecule has 0 amide bonds. The van der Waals surface area contributed by atoms with Crippen molar-refractivity contribution in [1.82, 2.24) is 4.57 Å². The molecule has 0 saturated heterocycles. The molecular formula is C20H12Cl2N2O2. The Labute approximate surface area is 160 Å². The van der Waals surface area contributed by atoms with Crippen molar-refractivity contribution in [2.75, 3.05) is 0 Å². The van der Waals surface area contributed by atoms with Gasteiger partial charge in [0.15, 0.2) is 0 Å². The van der Waals surface area contributed by atoms with E-state index in [2.05, 4.69) is 6.07 Å². The maximum Gasteiger partial charge on any atom is 0.335 e. The van der Waals surface area contributed by atoms with Crippen molar-refractivity contribution in [3.8, 4) is 11.8 Å². The van der Waals surface area contributed by atoms with Gasteiger partial charge < -0.3 is 9.67 Å². The third kappa shape index (κ3) is 3.65. The number of benzene rings is 2. The number of aromatic carboxylic acids is 1. The van der Waals surface area contributed by atoms with Crippen molar-refractivity contribution in [2.45, 2.75) is 0 Å². The van der Waals surface area contributed by atoms with Gasteiger partial charge in [0.25, 0.3) is 0 Å². The molecule has 0 saturated carbocycles. The van der Waals surface area contributed by atoms with E-state index in [1.54, 1.807) is 36.4 Å². The third-order valence-corrected chi connectivity index (χ3v) is 4.35. The summed E-state index contributed by atoms with van der Waals surface area (Å²) in [5, 5.41) is 19.5. The molecule has 2 aromatic carbocycles. The van der Waals surface area contributed by atoms with Crippen LogP contribution in [0, 0.1) is 11.3 Å². The molecule has 0 spiro atoms. The van der Waals surface area contributed by atoms with Crippen LogP contribution < -0.4 is 0 Å². The molecule has 26 heavy (non-hydrogen) atoms. The van der Waals surface area contributed by atoms with Crippen LogP contribution in [0.2, 0.25) is 10.0 Å². The van der Waals surface area contributed by atoms with Crippen LogP contribution in [0.5, 0.6) is 0 Å². The molecule has 0 fully saturated rings. The lowest BCUT2D eigenvalue weighted by Gasteiger charge is -2.08. The zero-order chi connectivity index (χ0) is 18.7. The second-order valence-corrected chi connectivity index (χ2v) is 6.29. The van der Waals surface area contributed by atoms with E-state index in [9.17, 15) is 10.1 Å². The van der Waals surface area contributed by atoms with Crippen LogP contribution in [0.15, 0.2) is 60.8 Å². The molecule has 0 aliphatic heterocycles. The fourth-order valence-electron chi connectivity index (χ4n) is 2.54. The molecule has 0 aliphatic rings. The highest BCUT2D eigenvalue weighted by atomic mass is 35.5. The second kappa shape index (κ2) is 7.49. The van der Waals surface area contributed by atoms with Gasteiger partial charge in [0, 0.05) is 28.2 Å². The van der Waals surface area contributed by atoms with Gasteiger partial charge in [0.05, 0.1) is 22.2 Å². The summed E-state index contributed by atoms with van der Waals surface area (Å²) < 4.78 is 1.85. The topological polar surface area (TPSA) is 66.0 Å². The van der Waals surface area contributed by atoms with Crippen LogP contribution in [0.25, 0.3) is 17.3 Å². The quantitative estimate of drug-likeness (QED) is 0.601. The van der Waals surface area contributed by atoms with E-state index in [-0.39, 0.29) is 5.56 Å². The van der Waals surface area contributed by atoms with Gasteiger partial charge >= 0.3 is 5.97 Å². The standard InChI is InChI=1S/C20H12Cl2N2O2/c21-15-5-8-18(19(22)11-15)14(12-23)10-17-2-1-9-24(17)16-6-3-13(4-7-16)20(25)26/h1-11H,(H,25,26)/b14-10-. The van der Waals surface area contributed by atoms with Crippen molar-refractivity contribution in [1.29, 1.82) is 5.26 Å². The molecule has 4 nitrogen and oxygen atoms in total. The maximum atomic E-state index is 11.0. The molecule has 1 heterocycles. The molecule has 0 aliphatic carbocycles. The minimum absolute atomic E-state index is 0.212. The van der Waals surface area contributed by atoms with Crippen molar-refractivity contribution < 1.29 is 9.90 Å². The average molecular weight is 383 g/mol. The van der Waals surface area contributed by atoms with E-state index in [0.29, 0.717) is 21.2 Å². The van der Waals surface area contributed by atoms with Gasteiger partial charge in [-0.1, -0.05) is 29.3 Å². The Hall–Kier alpha value is -3.00. The van der Waals surface area contributed by atoms with Crippen molar-refractivity contribution >= 4 is 40.8 Å². The number of hydrogen-bond donors (Lipinski definition) is 1. The van der Waals surface area contributed by atoms with Crippen LogP contribution in [-0.4, -0.2) is 15.6 Å². The number of hydrogen-bond acceptors (Lipinski definition) is 2. The summed E-state index contributed by atoms with van der Waals surface area (Å²) in [6.45, 7) is 0. The highest BCUT2D eigenvalue weighted by Gasteiger charge is 2.10. The highest BCUT2D eigenvalue weighted by Crippen LogP contribution is 2.28. The van der Waals surface area contributed by atoms with Crippen LogP contribution in [-0.2, 0) is 0 Å². The fourth-order valence-corrected chi connectivity index (χ4v) is 3.05. The van der Waals surface area contributed by atoms with Crippen LogP contribution in [0.4, 0.5) is 0 Å². The zero-order valence-corrected chi connectivity index (χ0v) is 14.9. The van der Waals surface area contributed by atoms with Gasteiger partial charge in [-0.3, -0.25) is 0 Å². The first-order valence-electron chi connectivity index (χ1n) is 7.58.